The Hall–Kier alpha value is -1.00. The summed E-state index contributed by atoms with van der Waals surface area (Å²) in [5.41, 5.74) is 0. The minimum absolute atomic E-state index is 0.819. The van der Waals surface area contributed by atoms with Crippen LogP contribution >= 0.6 is 0 Å². The molecule has 1 rings (SSSR count). The van der Waals surface area contributed by atoms with Crippen molar-refractivity contribution in [3.8, 4) is 0 Å². The first-order valence-electron chi connectivity index (χ1n) is 8.46. The van der Waals surface area contributed by atoms with E-state index < -0.39 is 0 Å². The Bertz CT molecular complexity index is 211. The monoisotopic (exact) mass is 312 g/mol. The molecule has 0 aromatic rings. The Morgan fingerprint density at radius 2 is 1.73 bits per heavy atom. The van der Waals surface area contributed by atoms with E-state index in [-0.39, 0.29) is 0 Å². The highest BCUT2D eigenvalue weighted by atomic mass is 15.2. The maximum absolute atomic E-state index is 5.50. The molecule has 0 aliphatic carbocycles. The van der Waals surface area contributed by atoms with Gasteiger partial charge in [-0.1, -0.05) is 27.2 Å². The molecule has 1 atom stereocenters. The van der Waals surface area contributed by atoms with Crippen LogP contribution in [-0.4, -0.2) is 51.7 Å². The highest BCUT2D eigenvalue weighted by molar-refractivity contribution is 5.22. The summed E-state index contributed by atoms with van der Waals surface area (Å²) in [7, 11) is 2.05. The number of hydrogen-bond acceptors (Lipinski definition) is 4. The maximum Gasteiger partial charge on any atom is 0.0902 e. The predicted octanol–water partition coefficient (Wildman–Crippen LogP) is 4.09. The Labute approximate surface area is 139 Å². The van der Waals surface area contributed by atoms with E-state index in [1.54, 1.807) is 0 Å². The largest absolute Gasteiger partial charge is 0.320 e. The molecule has 0 amide bonds. The molecule has 1 fully saturated rings. The molecule has 1 saturated heterocycles. The molecule has 132 valence electrons. The van der Waals surface area contributed by atoms with Crippen molar-refractivity contribution in [2.45, 2.75) is 46.5 Å². The zero-order valence-corrected chi connectivity index (χ0v) is 15.5. The van der Waals surface area contributed by atoms with Gasteiger partial charge in [0.15, 0.2) is 0 Å². The molecular formula is C18H40N4. The molecule has 22 heavy (non-hydrogen) atoms. The van der Waals surface area contributed by atoms with Crippen LogP contribution in [0.1, 0.15) is 46.5 Å². The van der Waals surface area contributed by atoms with Crippen molar-refractivity contribution in [2.75, 3.05) is 33.4 Å². The quantitative estimate of drug-likeness (QED) is 0.549. The van der Waals surface area contributed by atoms with Crippen LogP contribution < -0.4 is 5.32 Å². The second kappa shape index (κ2) is 22.3. The van der Waals surface area contributed by atoms with E-state index in [4.69, 9.17) is 5.41 Å². The van der Waals surface area contributed by atoms with Gasteiger partial charge in [-0.2, -0.15) is 0 Å². The molecule has 0 bridgehead atoms. The van der Waals surface area contributed by atoms with Crippen LogP contribution in [0.25, 0.3) is 0 Å². The number of piperidine rings is 1. The van der Waals surface area contributed by atoms with E-state index in [1.807, 2.05) is 20.9 Å². The summed E-state index contributed by atoms with van der Waals surface area (Å²) in [5, 5.41) is 8.77. The number of aliphatic imine (C=N–C) groups is 1. The highest BCUT2D eigenvalue weighted by Crippen LogP contribution is 2.29. The number of hydrogen-bond donors (Lipinski definition) is 2. The van der Waals surface area contributed by atoms with E-state index in [0.29, 0.717) is 0 Å². The van der Waals surface area contributed by atoms with Crippen LogP contribution in [0, 0.1) is 17.2 Å². The van der Waals surface area contributed by atoms with E-state index in [0.717, 1.165) is 25.0 Å². The Kier molecular flexibility index (Phi) is 26.3. The molecule has 0 aromatic carbocycles. The topological polar surface area (TPSA) is 51.5 Å². The molecule has 4 nitrogen and oxygen atoms in total. The summed E-state index contributed by atoms with van der Waals surface area (Å²) in [6.07, 6.45) is 5.35. The molecular weight excluding hydrogens is 272 g/mol. The van der Waals surface area contributed by atoms with E-state index >= 15 is 0 Å². The number of likely N-dealkylation sites (tertiary alicyclic amines) is 1. The predicted molar refractivity (Wildman–Crippen MR) is 103 cm³/mol. The zero-order chi connectivity index (χ0) is 17.8. The highest BCUT2D eigenvalue weighted by Gasteiger charge is 2.24. The maximum atomic E-state index is 5.50. The van der Waals surface area contributed by atoms with Gasteiger partial charge in [0.05, 0.1) is 6.67 Å². The van der Waals surface area contributed by atoms with Crippen molar-refractivity contribution < 1.29 is 0 Å². The molecule has 4 heteroatoms. The molecule has 1 aliphatic rings. The lowest BCUT2D eigenvalue weighted by atomic mass is 9.81. The van der Waals surface area contributed by atoms with Crippen LogP contribution in [0.15, 0.2) is 18.2 Å². The molecule has 1 heterocycles. The summed E-state index contributed by atoms with van der Waals surface area (Å²) < 4.78 is 0. The first kappa shape index (κ1) is 25.9. The standard InChI is InChI=1S/C13H27N3.C2H6.C2H4.CH3N/c1-4-12(5-8-14-2)13-6-9-16(10-7-13)11-15-3;3*1-2/h12-14H,3-11H2,1-2H3;1-2H3;1-2H2;2H,1H2. The summed E-state index contributed by atoms with van der Waals surface area (Å²) in [6.45, 7) is 22.8. The van der Waals surface area contributed by atoms with Gasteiger partial charge in [0.1, 0.15) is 0 Å². The summed E-state index contributed by atoms with van der Waals surface area (Å²) >= 11 is 0. The average Bonchev–Trinajstić information content (AvgIpc) is 2.62. The van der Waals surface area contributed by atoms with Crippen LogP contribution in [0.2, 0.25) is 0 Å². The minimum Gasteiger partial charge on any atom is -0.320 e. The summed E-state index contributed by atoms with van der Waals surface area (Å²) in [5.74, 6) is 1.84. The molecule has 1 unspecified atom stereocenters. The van der Waals surface area contributed by atoms with Gasteiger partial charge in [0.25, 0.3) is 0 Å². The number of nitrogens with one attached hydrogen (secondary N) is 2. The number of nitrogens with zero attached hydrogens (tertiary/aromatic N) is 2. The first-order chi connectivity index (χ1) is 10.8. The van der Waals surface area contributed by atoms with E-state index in [9.17, 15) is 0 Å². The van der Waals surface area contributed by atoms with Gasteiger partial charge in [0.2, 0.25) is 0 Å². The van der Waals surface area contributed by atoms with E-state index in [1.165, 1.54) is 38.8 Å². The lowest BCUT2D eigenvalue weighted by Gasteiger charge is -2.35. The minimum atomic E-state index is 0.819. The van der Waals surface area contributed by atoms with Gasteiger partial charge in [-0.05, 0) is 58.1 Å². The zero-order valence-electron chi connectivity index (χ0n) is 15.5. The van der Waals surface area contributed by atoms with Crippen LogP contribution in [0.3, 0.4) is 0 Å². The second-order valence-electron chi connectivity index (χ2n) is 4.88. The van der Waals surface area contributed by atoms with Crippen molar-refractivity contribution in [3.63, 3.8) is 0 Å². The molecule has 0 saturated carbocycles. The first-order valence-corrected chi connectivity index (χ1v) is 8.46. The molecule has 0 spiro atoms. The fourth-order valence-corrected chi connectivity index (χ4v) is 2.81. The third-order valence-electron chi connectivity index (χ3n) is 3.89. The summed E-state index contributed by atoms with van der Waals surface area (Å²) in [4.78, 5) is 6.38. The normalized spacial score (nSPS) is 15.8. The lowest BCUT2D eigenvalue weighted by Crippen LogP contribution is -2.36. The van der Waals surface area contributed by atoms with Crippen LogP contribution in [0.4, 0.5) is 0 Å². The van der Waals surface area contributed by atoms with Gasteiger partial charge in [-0.25, -0.2) is 0 Å². The third kappa shape index (κ3) is 12.7. The lowest BCUT2D eigenvalue weighted by molar-refractivity contribution is 0.143. The van der Waals surface area contributed by atoms with Crippen molar-refractivity contribution in [1.29, 1.82) is 5.41 Å². The van der Waals surface area contributed by atoms with Crippen LogP contribution in [0.5, 0.6) is 0 Å². The van der Waals surface area contributed by atoms with Gasteiger partial charge >= 0.3 is 0 Å². The van der Waals surface area contributed by atoms with Crippen LogP contribution in [-0.2, 0) is 0 Å². The Balaban J connectivity index is -0.000000535. The van der Waals surface area contributed by atoms with Gasteiger partial charge in [-0.3, -0.25) is 9.89 Å². The molecule has 0 aromatic heterocycles. The molecule has 2 N–H and O–H groups in total. The molecule has 0 radical (unpaired) electrons. The fourth-order valence-electron chi connectivity index (χ4n) is 2.81. The Morgan fingerprint density at radius 1 is 1.23 bits per heavy atom. The smallest absolute Gasteiger partial charge is 0.0902 e. The van der Waals surface area contributed by atoms with Gasteiger partial charge in [0, 0.05) is 13.1 Å². The summed E-state index contributed by atoms with van der Waals surface area (Å²) in [6, 6.07) is 0. The molecule has 1 aliphatic heterocycles. The number of rotatable bonds is 7. The van der Waals surface area contributed by atoms with Crippen molar-refractivity contribution in [1.82, 2.24) is 10.2 Å². The second-order valence-corrected chi connectivity index (χ2v) is 4.88. The van der Waals surface area contributed by atoms with Crippen molar-refractivity contribution in [2.24, 2.45) is 16.8 Å². The SMILES string of the molecule is C=C.C=N.C=NCN1CCC(C(CC)CCNC)CC1.CC. The van der Waals surface area contributed by atoms with E-state index in [2.05, 4.69) is 48.7 Å². The van der Waals surface area contributed by atoms with Gasteiger partial charge < -0.3 is 10.7 Å². The van der Waals surface area contributed by atoms with Crippen molar-refractivity contribution >= 4 is 13.4 Å². The van der Waals surface area contributed by atoms with Gasteiger partial charge in [-0.15, -0.1) is 13.2 Å². The third-order valence-corrected chi connectivity index (χ3v) is 3.89. The van der Waals surface area contributed by atoms with Crippen molar-refractivity contribution in [3.05, 3.63) is 13.2 Å². The fraction of sp³-hybridized carbons (Fsp3) is 0.778. The average molecular weight is 313 g/mol. The Morgan fingerprint density at radius 3 is 2.09 bits per heavy atom.